The monoisotopic (exact) mass is 223 g/mol. The average molecular weight is 223 g/mol. The minimum atomic E-state index is -2.22. The number of hydrogen-bond acceptors (Lipinski definition) is 5. The molecule has 0 fully saturated rings. The van der Waals surface area contributed by atoms with Crippen LogP contribution in [0.4, 0.5) is 0 Å². The van der Waals surface area contributed by atoms with Crippen LogP contribution in [0.15, 0.2) is 0 Å². The molecule has 0 rings (SSSR count). The molecule has 4 N–H and O–H groups in total. The highest BCUT2D eigenvalue weighted by atomic mass is 31.1. The molecule has 5 nitrogen and oxygen atoms in total. The molecule has 0 heterocycles. The Labute approximate surface area is 86.1 Å². The Balaban J connectivity index is 3.87. The van der Waals surface area contributed by atoms with Gasteiger partial charge in [-0.3, -0.25) is 0 Å². The van der Waals surface area contributed by atoms with Crippen molar-refractivity contribution in [2.75, 3.05) is 0 Å². The van der Waals surface area contributed by atoms with Gasteiger partial charge in [-0.05, 0) is 11.8 Å². The second kappa shape index (κ2) is 6.43. The third-order valence-electron chi connectivity index (χ3n) is 1.73. The van der Waals surface area contributed by atoms with E-state index in [0.717, 1.165) is 0 Å². The van der Waals surface area contributed by atoms with Gasteiger partial charge in [0.05, 0.1) is 0 Å². The van der Waals surface area contributed by atoms with Crippen LogP contribution in [0.5, 0.6) is 0 Å². The van der Waals surface area contributed by atoms with E-state index < -0.39 is 20.7 Å². The van der Waals surface area contributed by atoms with Crippen molar-refractivity contribution in [2.24, 2.45) is 23.3 Å². The summed E-state index contributed by atoms with van der Waals surface area (Å²) in [4.78, 5) is 0. The van der Waals surface area contributed by atoms with E-state index in [4.69, 9.17) is 20.5 Å². The van der Waals surface area contributed by atoms with Crippen molar-refractivity contribution in [2.45, 2.75) is 40.2 Å². The van der Waals surface area contributed by atoms with Crippen LogP contribution in [-0.2, 0) is 13.6 Å². The molecule has 0 aromatic rings. The van der Waals surface area contributed by atoms with Gasteiger partial charge in [-0.1, -0.05) is 36.7 Å². The summed E-state index contributed by atoms with van der Waals surface area (Å²) in [6.45, 7) is 7.48. The summed E-state index contributed by atoms with van der Waals surface area (Å²) in [7, 11) is -2.22. The maximum Gasteiger partial charge on any atom is 0.700 e. The first-order valence-electron chi connectivity index (χ1n) is 4.66. The summed E-state index contributed by atoms with van der Waals surface area (Å²) in [5.74, 6) is 0.181. The molecule has 0 amide bonds. The largest absolute Gasteiger partial charge is 0.700 e. The van der Waals surface area contributed by atoms with Crippen molar-refractivity contribution in [1.29, 1.82) is 0 Å². The zero-order valence-electron chi connectivity index (χ0n) is 9.14. The maximum atomic E-state index is 11.2. The Hall–Kier alpha value is -0.0600. The topological polar surface area (TPSA) is 87.6 Å². The fraction of sp³-hybridized carbons (Fsp3) is 1.00. The second-order valence-electron chi connectivity index (χ2n) is 3.85. The zero-order valence-corrected chi connectivity index (χ0v) is 10.0. The molecule has 0 aromatic heterocycles. The van der Waals surface area contributed by atoms with Gasteiger partial charge in [-0.2, -0.15) is 0 Å². The van der Waals surface area contributed by atoms with Crippen LogP contribution in [0.3, 0.4) is 0 Å². The van der Waals surface area contributed by atoms with Crippen molar-refractivity contribution < 1.29 is 13.6 Å². The minimum absolute atomic E-state index is 0.0906. The quantitative estimate of drug-likeness (QED) is 0.527. The summed E-state index contributed by atoms with van der Waals surface area (Å²) in [5, 5.41) is 0. The van der Waals surface area contributed by atoms with Crippen molar-refractivity contribution in [1.82, 2.24) is 0 Å². The van der Waals surface area contributed by atoms with Crippen LogP contribution in [0.1, 0.15) is 27.7 Å². The summed E-state index contributed by atoms with van der Waals surface area (Å²) in [6, 6.07) is 0. The summed E-state index contributed by atoms with van der Waals surface area (Å²) < 4.78 is 21.1. The maximum absolute atomic E-state index is 11.2. The van der Waals surface area contributed by atoms with E-state index in [1.165, 1.54) is 0 Å². The van der Waals surface area contributed by atoms with Crippen molar-refractivity contribution in [3.05, 3.63) is 0 Å². The van der Waals surface area contributed by atoms with E-state index in [0.29, 0.717) is 0 Å². The molecular weight excluding hydrogens is 203 g/mol. The van der Waals surface area contributed by atoms with Gasteiger partial charge in [0.1, 0.15) is 0 Å². The fourth-order valence-corrected chi connectivity index (χ4v) is 1.40. The first-order valence-corrected chi connectivity index (χ1v) is 5.76. The highest BCUT2D eigenvalue weighted by molar-refractivity contribution is 7.33. The lowest BCUT2D eigenvalue weighted by atomic mass is 10.2. The normalized spacial score (nSPS) is 17.3. The lowest BCUT2D eigenvalue weighted by molar-refractivity contribution is 0.0931. The molecule has 2 unspecified atom stereocenters. The Morgan fingerprint density at radius 3 is 1.43 bits per heavy atom. The summed E-state index contributed by atoms with van der Waals surface area (Å²) in [6.07, 6.45) is -1.17. The van der Waals surface area contributed by atoms with Gasteiger partial charge in [0.2, 0.25) is 0 Å². The van der Waals surface area contributed by atoms with Crippen LogP contribution in [-0.4, -0.2) is 12.5 Å². The molecule has 0 spiro atoms. The van der Waals surface area contributed by atoms with Crippen molar-refractivity contribution in [3.8, 4) is 0 Å². The molecule has 0 radical (unpaired) electrons. The zero-order chi connectivity index (χ0) is 11.3. The number of nitrogens with two attached hydrogens (primary N) is 2. The van der Waals surface area contributed by atoms with E-state index in [9.17, 15) is 4.57 Å². The van der Waals surface area contributed by atoms with Gasteiger partial charge in [-0.15, -0.1) is 0 Å². The van der Waals surface area contributed by atoms with E-state index in [2.05, 4.69) is 0 Å². The van der Waals surface area contributed by atoms with Gasteiger partial charge < -0.3 is 11.5 Å². The van der Waals surface area contributed by atoms with Gasteiger partial charge in [0.15, 0.2) is 12.5 Å². The standard InChI is InChI=1S/C8H20N2O3P/c1-5(2)7(9)12-14(11)13-8(10)6(3)4/h5-8H,9-10H2,1-4H3/q+1. The molecule has 0 aromatic carbocycles. The van der Waals surface area contributed by atoms with Crippen molar-refractivity contribution >= 4 is 8.25 Å². The van der Waals surface area contributed by atoms with E-state index in [-0.39, 0.29) is 11.8 Å². The molecule has 84 valence electrons. The van der Waals surface area contributed by atoms with Crippen LogP contribution in [0.25, 0.3) is 0 Å². The van der Waals surface area contributed by atoms with Crippen molar-refractivity contribution in [3.63, 3.8) is 0 Å². The number of hydrogen-bond donors (Lipinski definition) is 2. The molecule has 0 saturated carbocycles. The third-order valence-corrected chi connectivity index (χ3v) is 2.56. The molecular formula is C8H20N2O3P+. The number of rotatable bonds is 6. The van der Waals surface area contributed by atoms with Gasteiger partial charge in [-0.25, -0.2) is 0 Å². The lowest BCUT2D eigenvalue weighted by Crippen LogP contribution is -2.30. The van der Waals surface area contributed by atoms with E-state index in [1.807, 2.05) is 27.7 Å². The Morgan fingerprint density at radius 2 is 1.21 bits per heavy atom. The smallest absolute Gasteiger partial charge is 0.302 e. The highest BCUT2D eigenvalue weighted by Crippen LogP contribution is 2.29. The SMILES string of the molecule is CC(C)C(N)O[P+](=O)OC(N)C(C)C. The highest BCUT2D eigenvalue weighted by Gasteiger charge is 2.30. The predicted molar refractivity (Wildman–Crippen MR) is 55.4 cm³/mol. The van der Waals surface area contributed by atoms with Gasteiger partial charge in [0.25, 0.3) is 0 Å². The lowest BCUT2D eigenvalue weighted by Gasteiger charge is -2.10. The minimum Gasteiger partial charge on any atom is -0.302 e. The van der Waals surface area contributed by atoms with Gasteiger partial charge in [0, 0.05) is 4.57 Å². The molecule has 0 aliphatic carbocycles. The molecule has 6 heteroatoms. The molecule has 2 atom stereocenters. The molecule has 14 heavy (non-hydrogen) atoms. The molecule has 0 aliphatic heterocycles. The predicted octanol–water partition coefficient (Wildman–Crippen LogP) is 1.56. The Kier molecular flexibility index (Phi) is 6.40. The van der Waals surface area contributed by atoms with Crippen LogP contribution in [0.2, 0.25) is 0 Å². The molecule has 0 bridgehead atoms. The van der Waals surface area contributed by atoms with Gasteiger partial charge >= 0.3 is 8.25 Å². The first-order chi connectivity index (χ1) is 6.34. The van der Waals surface area contributed by atoms with E-state index >= 15 is 0 Å². The summed E-state index contributed by atoms with van der Waals surface area (Å²) >= 11 is 0. The summed E-state index contributed by atoms with van der Waals surface area (Å²) in [5.41, 5.74) is 11.1. The Bertz CT molecular complexity index is 169. The van der Waals surface area contributed by atoms with E-state index in [1.54, 1.807) is 0 Å². The first kappa shape index (κ1) is 13.9. The Morgan fingerprint density at radius 1 is 0.929 bits per heavy atom. The molecule has 0 aliphatic rings. The average Bonchev–Trinajstić information content (AvgIpc) is 2.03. The third kappa shape index (κ3) is 5.62. The van der Waals surface area contributed by atoms with Crippen LogP contribution >= 0.6 is 8.25 Å². The second-order valence-corrected chi connectivity index (χ2v) is 4.72. The van der Waals surface area contributed by atoms with Crippen LogP contribution in [0, 0.1) is 11.8 Å². The molecule has 0 saturated heterocycles. The van der Waals surface area contributed by atoms with Crippen LogP contribution < -0.4 is 11.5 Å². The fourth-order valence-electron chi connectivity index (χ4n) is 0.467.